The minimum Gasteiger partial charge on any atom is -0.451 e. The maximum absolute atomic E-state index is 14.3. The number of thioether (sulfide) groups is 2. The van der Waals surface area contributed by atoms with Gasteiger partial charge in [-0.25, -0.2) is 0 Å². The van der Waals surface area contributed by atoms with Gasteiger partial charge in [-0.3, -0.25) is 14.4 Å². The van der Waals surface area contributed by atoms with E-state index in [9.17, 15) is 14.4 Å². The molecule has 2 saturated heterocycles. The van der Waals surface area contributed by atoms with E-state index in [4.69, 9.17) is 4.74 Å². The van der Waals surface area contributed by atoms with Crippen molar-refractivity contribution in [3.8, 4) is 0 Å². The Bertz CT molecular complexity index is 1570. The fourth-order valence-electron chi connectivity index (χ4n) is 5.34. The van der Waals surface area contributed by atoms with Crippen molar-refractivity contribution in [1.29, 1.82) is 0 Å². The SMILES string of the molecule is O=C(Cc1ccccc1)NC1C(=O)N2CC(Sc3cccc(I)c3)(C(=O)OC(c3ccccc3)c3ccccc3)CS[C@H]12. The molecule has 6 rings (SSSR count). The highest BCUT2D eigenvalue weighted by Crippen LogP contribution is 2.48. The molecule has 2 aliphatic rings. The molecule has 4 aromatic rings. The minimum absolute atomic E-state index is 0.179. The molecule has 218 valence electrons. The van der Waals surface area contributed by atoms with Crippen LogP contribution in [0.3, 0.4) is 0 Å². The molecule has 4 aromatic carbocycles. The number of carbonyl (C=O) groups excluding carboxylic acids is 3. The Morgan fingerprint density at radius 2 is 1.56 bits per heavy atom. The van der Waals surface area contributed by atoms with E-state index in [0.717, 1.165) is 25.2 Å². The molecular formula is C34H29IN2O4S2. The summed E-state index contributed by atoms with van der Waals surface area (Å²) in [5.41, 5.74) is 2.64. The number of esters is 1. The molecular weight excluding hydrogens is 691 g/mol. The van der Waals surface area contributed by atoms with E-state index in [2.05, 4.69) is 27.9 Å². The summed E-state index contributed by atoms with van der Waals surface area (Å²) in [5.74, 6) is -0.313. The van der Waals surface area contributed by atoms with E-state index < -0.39 is 16.9 Å². The standard InChI is InChI=1S/C34H29IN2O4S2/c35-26-17-10-18-27(20-26)43-34(33(40)41-30(24-13-6-2-7-14-24)25-15-8-3-9-16-25)21-37-31(39)29(32(37)42-22-34)36-28(38)19-23-11-4-1-5-12-23/h1-18,20,29-30,32H,19,21-22H2,(H,36,38)/t29?,32-,34?/m1/s1. The first-order valence-corrected chi connectivity index (χ1v) is 16.9. The predicted molar refractivity (Wildman–Crippen MR) is 179 cm³/mol. The van der Waals surface area contributed by atoms with E-state index in [1.807, 2.05) is 115 Å². The van der Waals surface area contributed by atoms with E-state index in [0.29, 0.717) is 5.75 Å². The Kier molecular flexibility index (Phi) is 9.11. The van der Waals surface area contributed by atoms with E-state index >= 15 is 0 Å². The second-order valence-electron chi connectivity index (χ2n) is 10.5. The van der Waals surface area contributed by atoms with Gasteiger partial charge in [-0.15, -0.1) is 23.5 Å². The molecule has 0 saturated carbocycles. The number of nitrogens with one attached hydrogen (secondary N) is 1. The molecule has 0 bridgehead atoms. The maximum Gasteiger partial charge on any atom is 0.326 e. The van der Waals surface area contributed by atoms with Gasteiger partial charge in [-0.05, 0) is 57.5 Å². The molecule has 0 radical (unpaired) electrons. The van der Waals surface area contributed by atoms with Crippen LogP contribution in [0, 0.1) is 3.57 Å². The predicted octanol–water partition coefficient (Wildman–Crippen LogP) is 6.10. The largest absolute Gasteiger partial charge is 0.451 e. The van der Waals surface area contributed by atoms with Crippen LogP contribution >= 0.6 is 46.1 Å². The molecule has 2 aliphatic heterocycles. The van der Waals surface area contributed by atoms with Crippen molar-refractivity contribution in [3.05, 3.63) is 136 Å². The van der Waals surface area contributed by atoms with Crippen LogP contribution in [0.15, 0.2) is 120 Å². The number of rotatable bonds is 9. The molecule has 9 heteroatoms. The van der Waals surface area contributed by atoms with Gasteiger partial charge in [0.05, 0.1) is 6.42 Å². The van der Waals surface area contributed by atoms with Crippen LogP contribution < -0.4 is 5.32 Å². The average molecular weight is 721 g/mol. The van der Waals surface area contributed by atoms with Crippen molar-refractivity contribution in [2.24, 2.45) is 0 Å². The summed E-state index contributed by atoms with van der Waals surface area (Å²) >= 11 is 5.22. The Labute approximate surface area is 273 Å². The van der Waals surface area contributed by atoms with Gasteiger partial charge in [0.15, 0.2) is 6.10 Å². The zero-order chi connectivity index (χ0) is 29.8. The fourth-order valence-corrected chi connectivity index (χ4v) is 9.04. The van der Waals surface area contributed by atoms with Gasteiger partial charge in [-0.2, -0.15) is 0 Å². The first kappa shape index (κ1) is 29.8. The van der Waals surface area contributed by atoms with Gasteiger partial charge < -0.3 is 15.0 Å². The van der Waals surface area contributed by atoms with Gasteiger partial charge in [0, 0.05) is 20.8 Å². The fraction of sp³-hybridized carbons (Fsp3) is 0.206. The molecule has 2 amide bonds. The van der Waals surface area contributed by atoms with Crippen molar-refractivity contribution in [2.75, 3.05) is 12.3 Å². The van der Waals surface area contributed by atoms with Gasteiger partial charge in [0.25, 0.3) is 0 Å². The Hall–Kier alpha value is -3.28. The second-order valence-corrected chi connectivity index (χ2v) is 14.3. The number of halogens is 1. The van der Waals surface area contributed by atoms with Crippen LogP contribution in [0.4, 0.5) is 0 Å². The summed E-state index contributed by atoms with van der Waals surface area (Å²) in [6.07, 6.45) is -0.385. The number of fused-ring (bicyclic) bond motifs is 1. The lowest BCUT2D eigenvalue weighted by molar-refractivity contribution is -0.156. The van der Waals surface area contributed by atoms with Crippen molar-refractivity contribution in [1.82, 2.24) is 10.2 Å². The number of benzene rings is 4. The number of β-lactam (4-membered cyclic amide) rings is 1. The first-order chi connectivity index (χ1) is 20.9. The molecule has 0 aliphatic carbocycles. The summed E-state index contributed by atoms with van der Waals surface area (Å²) in [6, 6.07) is 36.3. The summed E-state index contributed by atoms with van der Waals surface area (Å²) in [4.78, 5) is 43.2. The van der Waals surface area contributed by atoms with Crippen LogP contribution in [-0.2, 0) is 25.5 Å². The van der Waals surface area contributed by atoms with Crippen molar-refractivity contribution in [2.45, 2.75) is 33.6 Å². The number of carbonyl (C=O) groups is 3. The topological polar surface area (TPSA) is 75.7 Å². The molecule has 2 fully saturated rings. The average Bonchev–Trinajstić information content (AvgIpc) is 3.03. The highest BCUT2D eigenvalue weighted by molar-refractivity contribution is 14.1. The van der Waals surface area contributed by atoms with E-state index in [1.165, 1.54) is 23.5 Å². The Morgan fingerprint density at radius 3 is 2.19 bits per heavy atom. The van der Waals surface area contributed by atoms with Crippen LogP contribution in [0.2, 0.25) is 0 Å². The van der Waals surface area contributed by atoms with E-state index in [1.54, 1.807) is 4.90 Å². The lowest BCUT2D eigenvalue weighted by Crippen LogP contribution is -2.74. The molecule has 0 aromatic heterocycles. The summed E-state index contributed by atoms with van der Waals surface area (Å²) in [6.45, 7) is 0.194. The van der Waals surface area contributed by atoms with Gasteiger partial charge in [-0.1, -0.05) is 97.1 Å². The highest BCUT2D eigenvalue weighted by Gasteiger charge is 2.58. The van der Waals surface area contributed by atoms with Gasteiger partial charge in [0.1, 0.15) is 16.2 Å². The summed E-state index contributed by atoms with van der Waals surface area (Å²) in [5, 5.41) is 2.70. The second kappa shape index (κ2) is 13.2. The maximum atomic E-state index is 14.3. The molecule has 0 spiro atoms. The van der Waals surface area contributed by atoms with E-state index in [-0.39, 0.29) is 36.1 Å². The lowest BCUT2D eigenvalue weighted by Gasteiger charge is -2.54. The van der Waals surface area contributed by atoms with Crippen LogP contribution in [0.5, 0.6) is 0 Å². The van der Waals surface area contributed by atoms with Crippen molar-refractivity contribution in [3.63, 3.8) is 0 Å². The first-order valence-electron chi connectivity index (χ1n) is 13.9. The molecule has 3 atom stereocenters. The number of ether oxygens (including phenoxy) is 1. The smallest absolute Gasteiger partial charge is 0.326 e. The number of hydrogen-bond donors (Lipinski definition) is 1. The molecule has 2 heterocycles. The van der Waals surface area contributed by atoms with Gasteiger partial charge in [0.2, 0.25) is 11.8 Å². The third kappa shape index (κ3) is 6.63. The van der Waals surface area contributed by atoms with Crippen LogP contribution in [-0.4, -0.2) is 51.1 Å². The lowest BCUT2D eigenvalue weighted by atomic mass is 9.99. The minimum atomic E-state index is -1.04. The Morgan fingerprint density at radius 1 is 0.930 bits per heavy atom. The zero-order valence-electron chi connectivity index (χ0n) is 23.1. The number of nitrogens with zero attached hydrogens (tertiary/aromatic N) is 1. The monoisotopic (exact) mass is 720 g/mol. The molecule has 1 N–H and O–H groups in total. The van der Waals surface area contributed by atoms with Crippen LogP contribution in [0.1, 0.15) is 22.8 Å². The molecule has 6 nitrogen and oxygen atoms in total. The quantitative estimate of drug-likeness (QED) is 0.128. The van der Waals surface area contributed by atoms with Crippen molar-refractivity contribution >= 4 is 63.9 Å². The highest BCUT2D eigenvalue weighted by atomic mass is 127. The third-order valence-electron chi connectivity index (χ3n) is 7.49. The number of hydrogen-bond acceptors (Lipinski definition) is 6. The molecule has 2 unspecified atom stereocenters. The normalized spacial score (nSPS) is 21.1. The zero-order valence-corrected chi connectivity index (χ0v) is 26.9. The van der Waals surface area contributed by atoms with Crippen molar-refractivity contribution < 1.29 is 19.1 Å². The van der Waals surface area contributed by atoms with Crippen LogP contribution in [0.25, 0.3) is 0 Å². The third-order valence-corrected chi connectivity index (χ3v) is 11.2. The number of amides is 2. The summed E-state index contributed by atoms with van der Waals surface area (Å²) in [7, 11) is 0. The molecule has 43 heavy (non-hydrogen) atoms. The Balaban J connectivity index is 1.24. The van der Waals surface area contributed by atoms with Gasteiger partial charge >= 0.3 is 5.97 Å². The summed E-state index contributed by atoms with van der Waals surface area (Å²) < 4.78 is 6.40.